The van der Waals surface area contributed by atoms with Crippen molar-refractivity contribution in [2.45, 2.75) is 174 Å². The van der Waals surface area contributed by atoms with Gasteiger partial charge in [-0.15, -0.1) is 0 Å². The molecule has 2 heterocycles. The lowest BCUT2D eigenvalue weighted by Crippen LogP contribution is -2.61. The van der Waals surface area contributed by atoms with Crippen molar-refractivity contribution in [3.63, 3.8) is 0 Å². The van der Waals surface area contributed by atoms with Crippen molar-refractivity contribution in [1.82, 2.24) is 10.1 Å². The van der Waals surface area contributed by atoms with E-state index in [9.17, 15) is 10.0 Å². The number of esters is 1. The molecule has 38 heavy (non-hydrogen) atoms. The first kappa shape index (κ1) is 34.9. The fraction of sp³-hybridized carbons (Fsp3) is 0.903. The van der Waals surface area contributed by atoms with Gasteiger partial charge in [0.1, 0.15) is 12.2 Å². The highest BCUT2D eigenvalue weighted by Gasteiger charge is 2.47. The average Bonchev–Trinajstić information content (AvgIpc) is 2.75. The maximum absolute atomic E-state index is 12.1. The molecular weight excluding hydrogens is 480 g/mol. The number of carbonyl (C=O) groups is 1. The van der Waals surface area contributed by atoms with Crippen LogP contribution in [-0.2, 0) is 19.1 Å². The maximum Gasteiger partial charge on any atom is 0.306 e. The number of piperidine rings is 2. The minimum atomic E-state index is -0.369. The SMILES string of the molecule is C=COC1CC(C)(C)N(OC)C(C)(C)C1.CCCCCCCCCC(=O)OC1CC(C)(C)N(O)C(C)(C)C1. The summed E-state index contributed by atoms with van der Waals surface area (Å²) in [7, 11) is 1.73. The van der Waals surface area contributed by atoms with E-state index >= 15 is 0 Å². The number of unbranched alkanes of at least 4 members (excludes halogenated alkanes) is 6. The summed E-state index contributed by atoms with van der Waals surface area (Å²) in [6, 6.07) is 0. The zero-order chi connectivity index (χ0) is 29.2. The topological polar surface area (TPSA) is 71.5 Å². The van der Waals surface area contributed by atoms with Gasteiger partial charge in [0.25, 0.3) is 0 Å². The molecule has 0 saturated carbocycles. The van der Waals surface area contributed by atoms with Gasteiger partial charge in [0.05, 0.1) is 13.4 Å². The second-order valence-electron chi connectivity index (χ2n) is 13.8. The Hall–Kier alpha value is -1.15. The molecule has 0 aromatic heterocycles. The Morgan fingerprint density at radius 2 is 1.26 bits per heavy atom. The van der Waals surface area contributed by atoms with Crippen LogP contribution in [0.3, 0.4) is 0 Å². The van der Waals surface area contributed by atoms with Crippen LogP contribution in [0.1, 0.15) is 139 Å². The number of hydroxylamine groups is 4. The van der Waals surface area contributed by atoms with Crippen LogP contribution in [0.25, 0.3) is 0 Å². The van der Waals surface area contributed by atoms with Crippen LogP contribution in [0.15, 0.2) is 12.8 Å². The van der Waals surface area contributed by atoms with Crippen LogP contribution in [-0.4, -0.2) is 62.8 Å². The Kier molecular flexibility index (Phi) is 13.8. The number of rotatable bonds is 12. The average molecular weight is 541 g/mol. The number of hydrogen-bond acceptors (Lipinski definition) is 7. The van der Waals surface area contributed by atoms with Crippen molar-refractivity contribution in [2.75, 3.05) is 7.11 Å². The second kappa shape index (κ2) is 15.0. The van der Waals surface area contributed by atoms with Crippen LogP contribution in [0.2, 0.25) is 0 Å². The Labute approximate surface area is 234 Å². The van der Waals surface area contributed by atoms with Gasteiger partial charge in [0, 0.05) is 54.3 Å². The largest absolute Gasteiger partial charge is 0.499 e. The summed E-state index contributed by atoms with van der Waals surface area (Å²) in [4.78, 5) is 17.6. The molecule has 7 heteroatoms. The van der Waals surface area contributed by atoms with Gasteiger partial charge in [0.15, 0.2) is 0 Å². The van der Waals surface area contributed by atoms with Gasteiger partial charge in [0.2, 0.25) is 0 Å². The molecule has 0 aromatic rings. The van der Waals surface area contributed by atoms with E-state index in [1.165, 1.54) is 37.2 Å². The van der Waals surface area contributed by atoms with Crippen LogP contribution in [0, 0.1) is 0 Å². The van der Waals surface area contributed by atoms with Crippen molar-refractivity contribution in [3.05, 3.63) is 12.8 Å². The Morgan fingerprint density at radius 3 is 1.71 bits per heavy atom. The lowest BCUT2D eigenvalue weighted by atomic mass is 9.80. The summed E-state index contributed by atoms with van der Waals surface area (Å²) in [5.41, 5.74) is -0.758. The predicted octanol–water partition coefficient (Wildman–Crippen LogP) is 7.81. The zero-order valence-corrected chi connectivity index (χ0v) is 26.4. The van der Waals surface area contributed by atoms with Gasteiger partial charge in [-0.05, 0) is 61.8 Å². The molecule has 2 fully saturated rings. The number of nitrogens with zero attached hydrogens (tertiary/aromatic N) is 2. The first-order valence-corrected chi connectivity index (χ1v) is 14.8. The van der Waals surface area contributed by atoms with E-state index in [1.54, 1.807) is 13.4 Å². The standard InChI is InChI=1S/C19H37NO3.C12H23NO2/c1-6-7-8-9-10-11-12-13-17(21)23-16-14-18(2,3)20(22)19(4,5)15-16;1-7-15-10-8-11(2,3)13(14-6)12(4,5)9-10/h16,22H,6-15H2,1-5H3;7,10H,1,8-9H2,2-6H3. The van der Waals surface area contributed by atoms with E-state index < -0.39 is 0 Å². The van der Waals surface area contributed by atoms with E-state index in [2.05, 4.69) is 46.3 Å². The minimum absolute atomic E-state index is 0.00975. The van der Waals surface area contributed by atoms with Crippen molar-refractivity contribution in [2.24, 2.45) is 0 Å². The lowest BCUT2D eigenvalue weighted by molar-refractivity contribution is -0.276. The molecule has 0 unspecified atom stereocenters. The number of hydrogen-bond donors (Lipinski definition) is 1. The first-order chi connectivity index (χ1) is 17.5. The summed E-state index contributed by atoms with van der Waals surface area (Å²) < 4.78 is 11.2. The molecule has 2 rings (SSSR count). The summed E-state index contributed by atoms with van der Waals surface area (Å²) in [6.45, 7) is 22.5. The van der Waals surface area contributed by atoms with E-state index in [4.69, 9.17) is 14.3 Å². The van der Waals surface area contributed by atoms with Crippen LogP contribution in [0.4, 0.5) is 0 Å². The molecule has 0 bridgehead atoms. The molecule has 0 aliphatic carbocycles. The van der Waals surface area contributed by atoms with Crippen LogP contribution < -0.4 is 0 Å². The van der Waals surface area contributed by atoms with Crippen molar-refractivity contribution in [1.29, 1.82) is 0 Å². The van der Waals surface area contributed by atoms with Gasteiger partial charge in [-0.2, -0.15) is 10.1 Å². The highest BCUT2D eigenvalue weighted by molar-refractivity contribution is 5.69. The number of carbonyl (C=O) groups excluding carboxylic acids is 1. The third-order valence-corrected chi connectivity index (χ3v) is 7.91. The van der Waals surface area contributed by atoms with E-state index in [0.29, 0.717) is 19.3 Å². The highest BCUT2D eigenvalue weighted by atomic mass is 16.7. The van der Waals surface area contributed by atoms with Crippen LogP contribution in [0.5, 0.6) is 0 Å². The van der Waals surface area contributed by atoms with Gasteiger partial charge in [-0.25, -0.2) is 0 Å². The molecule has 0 aromatic carbocycles. The quantitative estimate of drug-likeness (QED) is 0.154. The maximum atomic E-state index is 12.1. The minimum Gasteiger partial charge on any atom is -0.499 e. The van der Waals surface area contributed by atoms with Gasteiger partial charge >= 0.3 is 5.97 Å². The summed E-state index contributed by atoms with van der Waals surface area (Å²) in [5, 5.41) is 13.8. The molecule has 2 aliphatic rings. The van der Waals surface area contributed by atoms with Crippen molar-refractivity contribution >= 4 is 5.97 Å². The molecule has 0 spiro atoms. The third-order valence-electron chi connectivity index (χ3n) is 7.91. The van der Waals surface area contributed by atoms with Gasteiger partial charge in [-0.1, -0.05) is 52.0 Å². The number of ether oxygens (including phenoxy) is 2. The summed E-state index contributed by atoms with van der Waals surface area (Å²) >= 11 is 0. The summed E-state index contributed by atoms with van der Waals surface area (Å²) in [6.07, 6.45) is 13.9. The molecule has 0 amide bonds. The molecular formula is C31H60N2O5. The smallest absolute Gasteiger partial charge is 0.306 e. The van der Waals surface area contributed by atoms with Gasteiger partial charge in [-0.3, -0.25) is 4.79 Å². The second-order valence-corrected chi connectivity index (χ2v) is 13.8. The normalized spacial score (nSPS) is 23.2. The molecule has 2 saturated heterocycles. The third kappa shape index (κ3) is 10.8. The molecule has 224 valence electrons. The first-order valence-electron chi connectivity index (χ1n) is 14.8. The predicted molar refractivity (Wildman–Crippen MR) is 155 cm³/mol. The zero-order valence-electron chi connectivity index (χ0n) is 26.4. The van der Waals surface area contributed by atoms with Crippen molar-refractivity contribution in [3.8, 4) is 0 Å². The Morgan fingerprint density at radius 1 is 0.816 bits per heavy atom. The van der Waals surface area contributed by atoms with E-state index in [0.717, 1.165) is 25.7 Å². The molecule has 7 nitrogen and oxygen atoms in total. The monoisotopic (exact) mass is 540 g/mol. The Bertz CT molecular complexity index is 683. The molecule has 1 N–H and O–H groups in total. The summed E-state index contributed by atoms with van der Waals surface area (Å²) in [5.74, 6) is -0.0819. The molecule has 0 radical (unpaired) electrons. The highest BCUT2D eigenvalue weighted by Crippen LogP contribution is 2.40. The van der Waals surface area contributed by atoms with Gasteiger partial charge < -0.3 is 19.5 Å². The molecule has 0 atom stereocenters. The fourth-order valence-corrected chi connectivity index (χ4v) is 6.63. The fourth-order valence-electron chi connectivity index (χ4n) is 6.63. The Balaban J connectivity index is 0.000000415. The molecule has 2 aliphatic heterocycles. The lowest BCUT2D eigenvalue weighted by Gasteiger charge is -2.52. The van der Waals surface area contributed by atoms with Crippen LogP contribution >= 0.6 is 0 Å². The van der Waals surface area contributed by atoms with E-state index in [1.807, 2.05) is 27.7 Å². The van der Waals surface area contributed by atoms with Crippen molar-refractivity contribution < 1.29 is 24.3 Å². The van der Waals surface area contributed by atoms with E-state index in [-0.39, 0.29) is 40.3 Å².